The van der Waals surface area contributed by atoms with E-state index >= 15 is 0 Å². The number of nitrogens with two attached hydrogens (primary N) is 1. The first-order valence-corrected chi connectivity index (χ1v) is 5.65. The van der Waals surface area contributed by atoms with E-state index in [4.69, 9.17) is 10.5 Å². The Kier molecular flexibility index (Phi) is 3.97. The molecule has 0 heterocycles. The van der Waals surface area contributed by atoms with Gasteiger partial charge in [-0.1, -0.05) is 42.5 Å². The van der Waals surface area contributed by atoms with Gasteiger partial charge in [0.15, 0.2) is 0 Å². The van der Waals surface area contributed by atoms with Crippen molar-refractivity contribution in [2.45, 2.75) is 6.61 Å². The maximum atomic E-state index is 11.6. The summed E-state index contributed by atoms with van der Waals surface area (Å²) in [7, 11) is 0. The first kappa shape index (κ1) is 12.2. The molecule has 0 saturated carbocycles. The number of anilines is 1. The van der Waals surface area contributed by atoms with E-state index in [-0.39, 0.29) is 12.6 Å². The fourth-order valence-electron chi connectivity index (χ4n) is 1.50. The SMILES string of the molecule is Nc1ccc([CH]C(=O)OCc2ccccc2)cc1. The van der Waals surface area contributed by atoms with Gasteiger partial charge in [-0.25, -0.2) is 0 Å². The van der Waals surface area contributed by atoms with E-state index in [2.05, 4.69) is 0 Å². The minimum absolute atomic E-state index is 0.283. The molecule has 2 rings (SSSR count). The van der Waals surface area contributed by atoms with Crippen molar-refractivity contribution in [1.82, 2.24) is 0 Å². The van der Waals surface area contributed by atoms with Crippen LogP contribution in [-0.4, -0.2) is 5.97 Å². The van der Waals surface area contributed by atoms with Gasteiger partial charge in [0.1, 0.15) is 6.61 Å². The average Bonchev–Trinajstić information content (AvgIpc) is 2.40. The highest BCUT2D eigenvalue weighted by Gasteiger charge is 2.05. The molecule has 2 aromatic carbocycles. The molecule has 18 heavy (non-hydrogen) atoms. The number of rotatable bonds is 4. The van der Waals surface area contributed by atoms with Gasteiger partial charge in [-0.15, -0.1) is 0 Å². The molecule has 3 heteroatoms. The Morgan fingerprint density at radius 2 is 1.72 bits per heavy atom. The molecule has 0 amide bonds. The molecule has 0 bridgehead atoms. The van der Waals surface area contributed by atoms with Gasteiger partial charge in [0, 0.05) is 5.69 Å². The Balaban J connectivity index is 1.84. The zero-order chi connectivity index (χ0) is 12.8. The monoisotopic (exact) mass is 240 g/mol. The van der Waals surface area contributed by atoms with Gasteiger partial charge in [0.05, 0.1) is 6.42 Å². The van der Waals surface area contributed by atoms with Crippen LogP contribution in [0.15, 0.2) is 54.6 Å². The van der Waals surface area contributed by atoms with E-state index in [0.717, 1.165) is 11.1 Å². The minimum Gasteiger partial charge on any atom is -0.460 e. The summed E-state index contributed by atoms with van der Waals surface area (Å²) < 4.78 is 5.14. The third kappa shape index (κ3) is 3.63. The third-order valence-corrected chi connectivity index (χ3v) is 2.44. The van der Waals surface area contributed by atoms with Crippen molar-refractivity contribution in [3.05, 3.63) is 72.1 Å². The van der Waals surface area contributed by atoms with Crippen molar-refractivity contribution in [3.8, 4) is 0 Å². The van der Waals surface area contributed by atoms with Crippen molar-refractivity contribution in [2.75, 3.05) is 5.73 Å². The number of carbonyl (C=O) groups excluding carboxylic acids is 1. The van der Waals surface area contributed by atoms with E-state index in [0.29, 0.717) is 5.69 Å². The zero-order valence-electron chi connectivity index (χ0n) is 9.87. The van der Waals surface area contributed by atoms with Gasteiger partial charge in [-0.05, 0) is 23.3 Å². The summed E-state index contributed by atoms with van der Waals surface area (Å²) in [6.07, 6.45) is 1.45. The fourth-order valence-corrected chi connectivity index (χ4v) is 1.50. The number of ether oxygens (including phenoxy) is 1. The Labute approximate surface area is 106 Å². The largest absolute Gasteiger partial charge is 0.460 e. The number of hydrogen-bond donors (Lipinski definition) is 1. The van der Waals surface area contributed by atoms with E-state index < -0.39 is 0 Å². The molecular formula is C15H14NO2. The van der Waals surface area contributed by atoms with E-state index in [9.17, 15) is 4.79 Å². The Morgan fingerprint density at radius 3 is 2.39 bits per heavy atom. The molecular weight excluding hydrogens is 226 g/mol. The van der Waals surface area contributed by atoms with Crippen molar-refractivity contribution in [1.29, 1.82) is 0 Å². The molecule has 0 aliphatic carbocycles. The van der Waals surface area contributed by atoms with Crippen LogP contribution in [0.2, 0.25) is 0 Å². The van der Waals surface area contributed by atoms with Gasteiger partial charge in [-0.3, -0.25) is 4.79 Å². The molecule has 0 aromatic heterocycles. The predicted molar refractivity (Wildman–Crippen MR) is 70.5 cm³/mol. The average molecular weight is 240 g/mol. The first-order valence-electron chi connectivity index (χ1n) is 5.65. The van der Waals surface area contributed by atoms with Gasteiger partial charge >= 0.3 is 5.97 Å². The van der Waals surface area contributed by atoms with Crippen LogP contribution < -0.4 is 5.73 Å². The highest BCUT2D eigenvalue weighted by Crippen LogP contribution is 2.09. The van der Waals surface area contributed by atoms with Gasteiger partial charge in [0.25, 0.3) is 0 Å². The molecule has 0 unspecified atom stereocenters. The Bertz CT molecular complexity index is 506. The number of nitrogen functional groups attached to an aromatic ring is 1. The van der Waals surface area contributed by atoms with Crippen molar-refractivity contribution in [2.24, 2.45) is 0 Å². The quantitative estimate of drug-likeness (QED) is 0.660. The molecule has 0 saturated heterocycles. The molecule has 91 valence electrons. The third-order valence-electron chi connectivity index (χ3n) is 2.44. The molecule has 0 aliphatic heterocycles. The van der Waals surface area contributed by atoms with Crippen molar-refractivity contribution < 1.29 is 9.53 Å². The lowest BCUT2D eigenvalue weighted by atomic mass is 10.1. The minimum atomic E-state index is -0.358. The van der Waals surface area contributed by atoms with Crippen LogP contribution in [0.4, 0.5) is 5.69 Å². The van der Waals surface area contributed by atoms with Crippen molar-refractivity contribution in [3.63, 3.8) is 0 Å². The Morgan fingerprint density at radius 1 is 1.06 bits per heavy atom. The highest BCUT2D eigenvalue weighted by molar-refractivity contribution is 5.83. The summed E-state index contributed by atoms with van der Waals surface area (Å²) in [5.41, 5.74) is 7.98. The molecule has 2 aromatic rings. The highest BCUT2D eigenvalue weighted by atomic mass is 16.5. The summed E-state index contributed by atoms with van der Waals surface area (Å²) in [5, 5.41) is 0. The molecule has 2 N–H and O–H groups in total. The standard InChI is InChI=1S/C15H14NO2/c16-14-8-6-12(7-9-14)10-15(17)18-11-13-4-2-1-3-5-13/h1-10H,11,16H2. The number of hydrogen-bond acceptors (Lipinski definition) is 3. The maximum Gasteiger partial charge on any atom is 0.314 e. The predicted octanol–water partition coefficient (Wildman–Crippen LogP) is 2.56. The lowest BCUT2D eigenvalue weighted by Crippen LogP contribution is -2.05. The van der Waals surface area contributed by atoms with E-state index in [1.54, 1.807) is 24.3 Å². The lowest BCUT2D eigenvalue weighted by Gasteiger charge is -2.04. The lowest BCUT2D eigenvalue weighted by molar-refractivity contribution is -0.140. The molecule has 0 fully saturated rings. The molecule has 0 atom stereocenters. The molecule has 0 spiro atoms. The van der Waals surface area contributed by atoms with Crippen LogP contribution in [0, 0.1) is 6.42 Å². The first-order chi connectivity index (χ1) is 8.74. The summed E-state index contributed by atoms with van der Waals surface area (Å²) in [6.45, 7) is 0.283. The molecule has 0 aliphatic rings. The normalized spacial score (nSPS) is 10.0. The summed E-state index contributed by atoms with van der Waals surface area (Å²) in [6, 6.07) is 16.6. The van der Waals surface area contributed by atoms with Crippen LogP contribution in [-0.2, 0) is 16.1 Å². The van der Waals surface area contributed by atoms with E-state index in [1.807, 2.05) is 30.3 Å². The second-order valence-corrected chi connectivity index (χ2v) is 3.90. The number of carbonyl (C=O) groups is 1. The van der Waals surface area contributed by atoms with Gasteiger partial charge in [0.2, 0.25) is 0 Å². The van der Waals surface area contributed by atoms with Crippen LogP contribution in [0.25, 0.3) is 0 Å². The van der Waals surface area contributed by atoms with E-state index in [1.165, 1.54) is 6.42 Å². The molecule has 1 radical (unpaired) electrons. The van der Waals surface area contributed by atoms with Crippen LogP contribution in [0.1, 0.15) is 11.1 Å². The summed E-state index contributed by atoms with van der Waals surface area (Å²) in [4.78, 5) is 11.6. The molecule has 3 nitrogen and oxygen atoms in total. The second kappa shape index (κ2) is 5.87. The van der Waals surface area contributed by atoms with Crippen LogP contribution in [0.5, 0.6) is 0 Å². The van der Waals surface area contributed by atoms with Gasteiger partial charge < -0.3 is 10.5 Å². The number of esters is 1. The van der Waals surface area contributed by atoms with Crippen LogP contribution >= 0.6 is 0 Å². The van der Waals surface area contributed by atoms with Crippen LogP contribution in [0.3, 0.4) is 0 Å². The fraction of sp³-hybridized carbons (Fsp3) is 0.0667. The maximum absolute atomic E-state index is 11.6. The topological polar surface area (TPSA) is 52.3 Å². The van der Waals surface area contributed by atoms with Gasteiger partial charge in [-0.2, -0.15) is 0 Å². The van der Waals surface area contributed by atoms with Crippen molar-refractivity contribution >= 4 is 11.7 Å². The Hall–Kier alpha value is -2.29. The number of benzene rings is 2. The smallest absolute Gasteiger partial charge is 0.314 e. The zero-order valence-corrected chi connectivity index (χ0v) is 9.87. The second-order valence-electron chi connectivity index (χ2n) is 3.90. The summed E-state index contributed by atoms with van der Waals surface area (Å²) >= 11 is 0. The summed E-state index contributed by atoms with van der Waals surface area (Å²) in [5.74, 6) is -0.358.